The van der Waals surface area contributed by atoms with Crippen LogP contribution in [0.2, 0.25) is 19.6 Å². The summed E-state index contributed by atoms with van der Waals surface area (Å²) in [6.45, 7) is 7.53. The molecule has 106 valence electrons. The van der Waals surface area contributed by atoms with Crippen molar-refractivity contribution in [2.45, 2.75) is 31.3 Å². The maximum absolute atomic E-state index is 11.3. The van der Waals surface area contributed by atoms with Crippen LogP contribution < -0.4 is 5.32 Å². The lowest BCUT2D eigenvalue weighted by atomic mass is 10.2. The highest BCUT2D eigenvalue weighted by Gasteiger charge is 2.28. The first-order valence-electron chi connectivity index (χ1n) is 6.61. The minimum Gasteiger partial charge on any atom is -0.322 e. The number of carbonyl (C=O) groups is 1. The maximum Gasteiger partial charge on any atom is 0.169 e. The molecule has 5 heteroatoms. The Bertz CT molecular complexity index is 602. The Kier molecular flexibility index (Phi) is 4.50. The van der Waals surface area contributed by atoms with Crippen LogP contribution in [-0.2, 0) is 6.54 Å². The number of nitrogens with zero attached hydrogens (tertiary/aromatic N) is 2. The van der Waals surface area contributed by atoms with Crippen LogP contribution in [0.4, 0.5) is 0 Å². The van der Waals surface area contributed by atoms with E-state index in [-0.39, 0.29) is 0 Å². The molecular formula is C15H20N2OSSi. The lowest BCUT2D eigenvalue weighted by Crippen LogP contribution is -2.45. The molecule has 0 aliphatic rings. The molecule has 1 heterocycles. The van der Waals surface area contributed by atoms with Crippen molar-refractivity contribution in [2.75, 3.05) is 6.26 Å². The highest BCUT2D eigenvalue weighted by molar-refractivity contribution is 7.98. The summed E-state index contributed by atoms with van der Waals surface area (Å²) in [7, 11) is -1.64. The fraction of sp³-hybridized carbons (Fsp3) is 0.333. The fourth-order valence-electron chi connectivity index (χ4n) is 2.39. The van der Waals surface area contributed by atoms with Crippen LogP contribution in [0.15, 0.2) is 35.5 Å². The van der Waals surface area contributed by atoms with E-state index in [1.54, 1.807) is 11.8 Å². The molecule has 20 heavy (non-hydrogen) atoms. The molecule has 1 aromatic heterocycles. The number of thioether (sulfide) groups is 1. The topological polar surface area (TPSA) is 34.9 Å². The first-order chi connectivity index (χ1) is 9.47. The Morgan fingerprint density at radius 3 is 2.40 bits per heavy atom. The molecule has 2 rings (SSSR count). The van der Waals surface area contributed by atoms with E-state index in [0.29, 0.717) is 5.69 Å². The largest absolute Gasteiger partial charge is 0.322 e. The summed E-state index contributed by atoms with van der Waals surface area (Å²) >= 11 is 1.60. The van der Waals surface area contributed by atoms with E-state index in [4.69, 9.17) is 0 Å². The maximum atomic E-state index is 11.3. The second-order valence-electron chi connectivity index (χ2n) is 5.77. The summed E-state index contributed by atoms with van der Waals surface area (Å²) < 4.78 is 2.22. The molecule has 0 aliphatic heterocycles. The van der Waals surface area contributed by atoms with E-state index in [0.717, 1.165) is 23.3 Å². The van der Waals surface area contributed by atoms with Crippen molar-refractivity contribution in [3.8, 4) is 0 Å². The van der Waals surface area contributed by atoms with Gasteiger partial charge < -0.3 is 4.57 Å². The van der Waals surface area contributed by atoms with Crippen molar-refractivity contribution in [3.63, 3.8) is 0 Å². The second kappa shape index (κ2) is 5.97. The molecule has 0 saturated carbocycles. The number of benzene rings is 1. The first-order valence-corrected chi connectivity index (χ1v) is 11.3. The summed E-state index contributed by atoms with van der Waals surface area (Å²) in [5.41, 5.74) is 1.85. The summed E-state index contributed by atoms with van der Waals surface area (Å²) in [6, 6.07) is 10.3. The third-order valence-electron chi connectivity index (χ3n) is 3.15. The van der Waals surface area contributed by atoms with Crippen LogP contribution in [-0.4, -0.2) is 30.2 Å². The van der Waals surface area contributed by atoms with Crippen molar-refractivity contribution in [1.29, 1.82) is 0 Å². The normalized spacial score (nSPS) is 11.6. The van der Waals surface area contributed by atoms with Crippen molar-refractivity contribution in [1.82, 2.24) is 9.55 Å². The number of aromatic nitrogens is 2. The monoisotopic (exact) mass is 304 g/mol. The van der Waals surface area contributed by atoms with E-state index < -0.39 is 8.07 Å². The van der Waals surface area contributed by atoms with E-state index in [1.807, 2.05) is 24.5 Å². The zero-order valence-corrected chi connectivity index (χ0v) is 14.2. The molecule has 0 amide bonds. The minimum absolute atomic E-state index is 0.615. The Morgan fingerprint density at radius 1 is 1.25 bits per heavy atom. The van der Waals surface area contributed by atoms with Crippen LogP contribution in [0.25, 0.3) is 0 Å². The number of carbonyl (C=O) groups excluding carboxylic acids is 1. The van der Waals surface area contributed by atoms with Gasteiger partial charge in [0.15, 0.2) is 11.4 Å². The lowest BCUT2D eigenvalue weighted by Gasteiger charge is -2.20. The van der Waals surface area contributed by atoms with E-state index >= 15 is 0 Å². The second-order valence-corrected chi connectivity index (χ2v) is 11.5. The highest BCUT2D eigenvalue weighted by Crippen LogP contribution is 2.18. The molecule has 0 atom stereocenters. The highest BCUT2D eigenvalue weighted by atomic mass is 32.2. The molecule has 0 aliphatic carbocycles. The van der Waals surface area contributed by atoms with E-state index in [1.165, 1.54) is 5.56 Å². The Labute approximate surface area is 125 Å². The van der Waals surface area contributed by atoms with Gasteiger partial charge in [0.2, 0.25) is 0 Å². The van der Waals surface area contributed by atoms with E-state index in [9.17, 15) is 4.79 Å². The molecular weight excluding hydrogens is 284 g/mol. The number of aldehydes is 1. The van der Waals surface area contributed by atoms with Crippen molar-refractivity contribution in [2.24, 2.45) is 0 Å². The van der Waals surface area contributed by atoms with Gasteiger partial charge in [-0.05, 0) is 11.8 Å². The van der Waals surface area contributed by atoms with Gasteiger partial charge in [-0.15, -0.1) is 0 Å². The minimum atomic E-state index is -1.64. The average molecular weight is 304 g/mol. The zero-order valence-electron chi connectivity index (χ0n) is 12.4. The standard InChI is InChI=1S/C15H20N2OSSi/c1-19-15-16-13(11-18)14(20(2,3)4)17(15)10-12-8-6-5-7-9-12/h5-9,11H,10H2,1-4H3. The first kappa shape index (κ1) is 15.1. The van der Waals surface area contributed by atoms with Gasteiger partial charge in [-0.25, -0.2) is 4.98 Å². The van der Waals surface area contributed by atoms with Crippen LogP contribution in [0.1, 0.15) is 16.1 Å². The zero-order chi connectivity index (χ0) is 14.8. The van der Waals surface area contributed by atoms with Gasteiger partial charge in [-0.3, -0.25) is 4.79 Å². The third kappa shape index (κ3) is 3.04. The number of hydrogen-bond acceptors (Lipinski definition) is 3. The summed E-state index contributed by atoms with van der Waals surface area (Å²) in [4.78, 5) is 15.8. The van der Waals surface area contributed by atoms with Gasteiger partial charge >= 0.3 is 0 Å². The number of rotatable bonds is 5. The van der Waals surface area contributed by atoms with Gasteiger partial charge in [0.1, 0.15) is 13.8 Å². The van der Waals surface area contributed by atoms with E-state index in [2.05, 4.69) is 41.3 Å². The molecule has 0 unspecified atom stereocenters. The average Bonchev–Trinajstić information content (AvgIpc) is 2.77. The molecule has 0 fully saturated rings. The van der Waals surface area contributed by atoms with Gasteiger partial charge in [0, 0.05) is 11.9 Å². The van der Waals surface area contributed by atoms with Crippen LogP contribution in [0.3, 0.4) is 0 Å². The Morgan fingerprint density at radius 2 is 1.90 bits per heavy atom. The SMILES string of the molecule is CSc1nc(C=O)c([Si](C)(C)C)n1Cc1ccccc1. The summed E-state index contributed by atoms with van der Waals surface area (Å²) in [5.74, 6) is 0. The molecule has 0 radical (unpaired) electrons. The molecule has 1 aromatic carbocycles. The van der Waals surface area contributed by atoms with Gasteiger partial charge in [-0.1, -0.05) is 61.7 Å². The molecule has 2 aromatic rings. The van der Waals surface area contributed by atoms with Crippen LogP contribution in [0.5, 0.6) is 0 Å². The van der Waals surface area contributed by atoms with Crippen molar-refractivity contribution >= 4 is 31.4 Å². The number of hydrogen-bond donors (Lipinski definition) is 0. The van der Waals surface area contributed by atoms with Crippen molar-refractivity contribution < 1.29 is 4.79 Å². The van der Waals surface area contributed by atoms with Gasteiger partial charge in [0.05, 0.1) is 0 Å². The smallest absolute Gasteiger partial charge is 0.169 e. The molecule has 0 spiro atoms. The molecule has 0 N–H and O–H groups in total. The van der Waals surface area contributed by atoms with Crippen LogP contribution in [0, 0.1) is 0 Å². The summed E-state index contributed by atoms with van der Waals surface area (Å²) in [6.07, 6.45) is 2.90. The molecule has 0 saturated heterocycles. The lowest BCUT2D eigenvalue weighted by molar-refractivity contribution is 0.112. The van der Waals surface area contributed by atoms with Gasteiger partial charge in [0.25, 0.3) is 0 Å². The fourth-order valence-corrected chi connectivity index (χ4v) is 4.91. The molecule has 0 bridgehead atoms. The predicted octanol–water partition coefficient (Wildman–Crippen LogP) is 3.01. The quantitative estimate of drug-likeness (QED) is 0.484. The Hall–Kier alpha value is -1.33. The third-order valence-corrected chi connectivity index (χ3v) is 5.77. The summed E-state index contributed by atoms with van der Waals surface area (Å²) in [5, 5.41) is 2.06. The predicted molar refractivity (Wildman–Crippen MR) is 87.9 cm³/mol. The Balaban J connectivity index is 2.55. The number of imidazole rings is 1. The van der Waals surface area contributed by atoms with Crippen molar-refractivity contribution in [3.05, 3.63) is 41.6 Å². The molecule has 3 nitrogen and oxygen atoms in total. The van der Waals surface area contributed by atoms with Crippen LogP contribution >= 0.6 is 11.8 Å². The van der Waals surface area contributed by atoms with Gasteiger partial charge in [-0.2, -0.15) is 0 Å².